The number of hydrogen-bond acceptors (Lipinski definition) is 7. The second kappa shape index (κ2) is 17.8. The number of carboxylic acid groups (broad SMARTS) is 1. The summed E-state index contributed by atoms with van der Waals surface area (Å²) in [6.07, 6.45) is -3.32. The van der Waals surface area contributed by atoms with E-state index in [1.807, 2.05) is 0 Å². The third-order valence-corrected chi connectivity index (χ3v) is 8.31. The second-order valence-electron chi connectivity index (χ2n) is 10.8. The number of halogens is 5. The Kier molecular flexibility index (Phi) is 14.9. The first-order valence-electron chi connectivity index (χ1n) is 14.4. The molecule has 1 aromatic heterocycles. The van der Waals surface area contributed by atoms with E-state index in [4.69, 9.17) is 10.8 Å². The molecule has 17 heteroatoms. The van der Waals surface area contributed by atoms with Gasteiger partial charge in [0.25, 0.3) is 0 Å². The van der Waals surface area contributed by atoms with Crippen LogP contribution >= 0.6 is 0 Å². The second-order valence-corrected chi connectivity index (χ2v) is 13.0. The van der Waals surface area contributed by atoms with Crippen molar-refractivity contribution in [2.24, 2.45) is 0 Å². The first kappa shape index (κ1) is 39.2. The van der Waals surface area contributed by atoms with Crippen LogP contribution < -0.4 is 10.6 Å². The lowest BCUT2D eigenvalue weighted by atomic mass is 10.00. The number of benzene rings is 2. The van der Waals surface area contributed by atoms with E-state index in [2.05, 4.69) is 15.7 Å². The molecule has 5 N–H and O–H groups in total. The molecule has 0 saturated heterocycles. The topological polar surface area (TPSA) is 174 Å². The van der Waals surface area contributed by atoms with Crippen molar-refractivity contribution in [3.63, 3.8) is 0 Å². The summed E-state index contributed by atoms with van der Waals surface area (Å²) in [7, 11) is -3.68. The molecule has 0 aliphatic rings. The minimum Gasteiger partial charge on any atom is -0.666 e. The number of aromatic nitrogens is 2. The maximum atomic E-state index is 13.7. The van der Waals surface area contributed by atoms with Crippen LogP contribution in [0.25, 0.3) is 5.73 Å². The number of rotatable bonds is 14. The standard InChI is InChI=1S/C25H31F5N3O4S.C5H6N2O2/c1-2-3-7-38(36,37)15-21(31)24(35)33-22(11-17-9-19(26)12-20(27)10-17)23(34)14-32-13-16-5-4-6-18(8-16)25(28,29)30;1-4-2-6-7(3-4)5(8)9/h4-6,8-10,12,21-23,31-32,34H,2-3,7,11,13-15H2,1H3,(H,33,35);2-3H,1H3,(H,8,9)/q-1;. The fraction of sp³-hybridized carbons (Fsp3) is 0.433. The molecule has 47 heavy (non-hydrogen) atoms. The third kappa shape index (κ3) is 14.2. The normalized spacial score (nSPS) is 13.6. The molecular formula is C30H37F5N5O6S-. The molecule has 0 saturated carbocycles. The molecule has 0 aliphatic heterocycles. The molecule has 0 fully saturated rings. The van der Waals surface area contributed by atoms with Gasteiger partial charge >= 0.3 is 12.3 Å². The molecule has 1 heterocycles. The average Bonchev–Trinajstić information content (AvgIpc) is 3.41. The van der Waals surface area contributed by atoms with Crippen molar-refractivity contribution in [2.45, 2.75) is 64.0 Å². The minimum atomic E-state index is -4.53. The predicted molar refractivity (Wildman–Crippen MR) is 163 cm³/mol. The van der Waals surface area contributed by atoms with Gasteiger partial charge in [-0.15, -0.1) is 0 Å². The number of sulfone groups is 1. The lowest BCUT2D eigenvalue weighted by molar-refractivity contribution is -0.137. The maximum Gasteiger partial charge on any atom is 0.432 e. The van der Waals surface area contributed by atoms with Gasteiger partial charge in [-0.25, -0.2) is 22.0 Å². The number of amides is 1. The van der Waals surface area contributed by atoms with Gasteiger partial charge in [-0.3, -0.25) is 4.79 Å². The van der Waals surface area contributed by atoms with Gasteiger partial charge in [0.1, 0.15) is 21.5 Å². The molecule has 0 aliphatic carbocycles. The zero-order chi connectivity index (χ0) is 35.4. The van der Waals surface area contributed by atoms with Crippen molar-refractivity contribution in [1.82, 2.24) is 20.4 Å². The first-order chi connectivity index (χ1) is 21.9. The highest BCUT2D eigenvalue weighted by Crippen LogP contribution is 2.29. The van der Waals surface area contributed by atoms with Crippen molar-refractivity contribution in [1.29, 1.82) is 0 Å². The van der Waals surface area contributed by atoms with Crippen LogP contribution in [-0.4, -0.2) is 76.6 Å². The van der Waals surface area contributed by atoms with Gasteiger partial charge in [-0.05, 0) is 60.7 Å². The summed E-state index contributed by atoms with van der Waals surface area (Å²) in [5.41, 5.74) is 8.34. The summed E-state index contributed by atoms with van der Waals surface area (Å²) < 4.78 is 91.3. The Labute approximate surface area is 268 Å². The number of nitrogens with zero attached hydrogens (tertiary/aromatic N) is 2. The fourth-order valence-electron chi connectivity index (χ4n) is 4.21. The average molecular weight is 691 g/mol. The molecule has 0 radical (unpaired) electrons. The Hall–Kier alpha value is -3.93. The number of hydrogen-bond donors (Lipinski definition) is 4. The molecule has 260 valence electrons. The van der Waals surface area contributed by atoms with Crippen molar-refractivity contribution in [3.8, 4) is 0 Å². The van der Waals surface area contributed by atoms with E-state index >= 15 is 0 Å². The molecule has 11 nitrogen and oxygen atoms in total. The first-order valence-corrected chi connectivity index (χ1v) is 16.2. The zero-order valence-electron chi connectivity index (χ0n) is 25.6. The summed E-state index contributed by atoms with van der Waals surface area (Å²) in [5.74, 6) is -3.68. The van der Waals surface area contributed by atoms with Gasteiger partial charge in [0, 0.05) is 31.1 Å². The summed E-state index contributed by atoms with van der Waals surface area (Å²) >= 11 is 0. The van der Waals surface area contributed by atoms with Crippen LogP contribution in [0.2, 0.25) is 0 Å². The summed E-state index contributed by atoms with van der Waals surface area (Å²) in [4.78, 5) is 22.7. The van der Waals surface area contributed by atoms with Crippen LogP contribution in [-0.2, 0) is 33.8 Å². The monoisotopic (exact) mass is 690 g/mol. The van der Waals surface area contributed by atoms with Crippen LogP contribution in [0.3, 0.4) is 0 Å². The van der Waals surface area contributed by atoms with Crippen LogP contribution in [0.15, 0.2) is 54.9 Å². The molecule has 3 unspecified atom stereocenters. The Bertz CT molecular complexity index is 1560. The third-order valence-electron chi connectivity index (χ3n) is 6.56. The van der Waals surface area contributed by atoms with Crippen LogP contribution in [0.1, 0.15) is 42.0 Å². The lowest BCUT2D eigenvalue weighted by Crippen LogP contribution is -2.51. The Morgan fingerprint density at radius 1 is 1.09 bits per heavy atom. The summed E-state index contributed by atoms with van der Waals surface area (Å²) in [5, 5.41) is 27.7. The van der Waals surface area contributed by atoms with Crippen molar-refractivity contribution in [3.05, 3.63) is 94.5 Å². The smallest absolute Gasteiger partial charge is 0.432 e. The highest BCUT2D eigenvalue weighted by Gasteiger charge is 2.30. The molecule has 3 atom stereocenters. The van der Waals surface area contributed by atoms with Gasteiger partial charge < -0.3 is 26.6 Å². The summed E-state index contributed by atoms with van der Waals surface area (Å²) in [6.45, 7) is 3.28. The molecule has 1 amide bonds. The quantitative estimate of drug-likeness (QED) is 0.179. The van der Waals surface area contributed by atoms with Gasteiger partial charge in [0.15, 0.2) is 0 Å². The minimum absolute atomic E-state index is 0.0625. The molecule has 3 aromatic rings. The molecular weight excluding hydrogens is 653 g/mol. The van der Waals surface area contributed by atoms with E-state index in [1.54, 1.807) is 13.8 Å². The Balaban J connectivity index is 0.000000731. The SMILES string of the molecule is CCCCS(=O)(=O)CC([NH-])C(=O)NC(Cc1cc(F)cc(F)c1)C(O)CNCc1cccc(C(F)(F)F)c1.Cc1cnn(C(=O)O)c1. The largest absolute Gasteiger partial charge is 0.666 e. The number of carbonyl (C=O) groups is 2. The summed E-state index contributed by atoms with van der Waals surface area (Å²) in [6, 6.07) is 4.30. The van der Waals surface area contributed by atoms with Crippen molar-refractivity contribution < 1.29 is 50.2 Å². The van der Waals surface area contributed by atoms with E-state index in [0.717, 1.165) is 34.5 Å². The number of aliphatic hydroxyl groups excluding tert-OH is 1. The zero-order valence-corrected chi connectivity index (χ0v) is 26.4. The maximum absolute atomic E-state index is 13.7. The van der Waals surface area contributed by atoms with Gasteiger partial charge in [-0.2, -0.15) is 23.0 Å². The van der Waals surface area contributed by atoms with E-state index in [1.165, 1.54) is 24.5 Å². The van der Waals surface area contributed by atoms with Gasteiger partial charge in [0.05, 0.1) is 29.7 Å². The molecule has 3 rings (SSSR count). The van der Waals surface area contributed by atoms with Crippen LogP contribution in [0, 0.1) is 18.6 Å². The number of carbonyl (C=O) groups excluding carboxylic acids is 1. The molecule has 0 bridgehead atoms. The molecule has 0 spiro atoms. The highest BCUT2D eigenvalue weighted by atomic mass is 32.2. The lowest BCUT2D eigenvalue weighted by Gasteiger charge is -2.28. The number of nitrogens with one attached hydrogen (secondary N) is 3. The fourth-order valence-corrected chi connectivity index (χ4v) is 5.76. The van der Waals surface area contributed by atoms with Crippen LogP contribution in [0.4, 0.5) is 26.7 Å². The predicted octanol–water partition coefficient (Wildman–Crippen LogP) is 4.51. The van der Waals surface area contributed by atoms with E-state index < -0.39 is 69.2 Å². The van der Waals surface area contributed by atoms with E-state index in [9.17, 15) is 45.1 Å². The highest BCUT2D eigenvalue weighted by molar-refractivity contribution is 7.91. The van der Waals surface area contributed by atoms with Crippen molar-refractivity contribution >= 4 is 21.8 Å². The Morgan fingerprint density at radius 2 is 1.74 bits per heavy atom. The number of alkyl halides is 3. The Morgan fingerprint density at radius 3 is 2.28 bits per heavy atom. The van der Waals surface area contributed by atoms with Crippen LogP contribution in [0.5, 0.6) is 0 Å². The van der Waals surface area contributed by atoms with Crippen molar-refractivity contribution in [2.75, 3.05) is 18.1 Å². The van der Waals surface area contributed by atoms with E-state index in [-0.39, 0.29) is 36.4 Å². The van der Waals surface area contributed by atoms with Gasteiger partial charge in [0.2, 0.25) is 5.91 Å². The molecule has 2 aromatic carbocycles. The number of unbranched alkanes of at least 4 members (excludes halogenated alkanes) is 1. The number of aryl methyl sites for hydroxylation is 1. The number of aliphatic hydroxyl groups is 1. The van der Waals surface area contributed by atoms with E-state index in [0.29, 0.717) is 18.9 Å². The van der Waals surface area contributed by atoms with Gasteiger partial charge in [-0.1, -0.05) is 31.5 Å².